The molecule has 0 aliphatic carbocycles. The zero-order valence-electron chi connectivity index (χ0n) is 17.0. The van der Waals surface area contributed by atoms with Gasteiger partial charge in [-0.1, -0.05) is 36.4 Å². The molecule has 152 valence electrons. The van der Waals surface area contributed by atoms with Crippen LogP contribution in [0, 0.1) is 20.8 Å². The molecule has 0 bridgehead atoms. The number of anilines is 1. The quantitative estimate of drug-likeness (QED) is 0.504. The number of benzene rings is 2. The molecule has 2 aromatic heterocycles. The van der Waals surface area contributed by atoms with E-state index in [0.29, 0.717) is 16.4 Å². The first-order valence-corrected chi connectivity index (χ1v) is 10.5. The van der Waals surface area contributed by atoms with Crippen molar-refractivity contribution in [3.8, 4) is 16.4 Å². The van der Waals surface area contributed by atoms with E-state index in [1.807, 2.05) is 67.8 Å². The molecule has 2 aromatic carbocycles. The number of carbonyl (C=O) groups excluding carboxylic acids is 1. The molecule has 6 nitrogen and oxygen atoms in total. The van der Waals surface area contributed by atoms with Crippen LogP contribution in [0.15, 0.2) is 58.7 Å². The smallest absolute Gasteiger partial charge is 0.277 e. The summed E-state index contributed by atoms with van der Waals surface area (Å²) < 4.78 is 1.41. The van der Waals surface area contributed by atoms with Gasteiger partial charge in [0.1, 0.15) is 0 Å². The lowest BCUT2D eigenvalue weighted by atomic mass is 10.1. The van der Waals surface area contributed by atoms with Crippen LogP contribution in [0.2, 0.25) is 0 Å². The summed E-state index contributed by atoms with van der Waals surface area (Å²) in [7, 11) is 0. The first-order valence-electron chi connectivity index (χ1n) is 9.61. The Morgan fingerprint density at radius 2 is 1.87 bits per heavy atom. The second-order valence-corrected chi connectivity index (χ2v) is 8.10. The summed E-state index contributed by atoms with van der Waals surface area (Å²) in [5, 5.41) is 8.39. The number of hydrogen-bond acceptors (Lipinski definition) is 4. The van der Waals surface area contributed by atoms with Crippen molar-refractivity contribution in [3.05, 3.63) is 86.6 Å². The van der Waals surface area contributed by atoms with E-state index in [4.69, 9.17) is 0 Å². The van der Waals surface area contributed by atoms with Crippen LogP contribution in [0.1, 0.15) is 22.4 Å². The van der Waals surface area contributed by atoms with E-state index in [0.717, 1.165) is 28.1 Å². The molecule has 0 unspecified atom stereocenters. The van der Waals surface area contributed by atoms with Gasteiger partial charge in [0, 0.05) is 27.9 Å². The van der Waals surface area contributed by atoms with Crippen molar-refractivity contribution >= 4 is 22.9 Å². The molecular formula is C23H22N4O2S. The van der Waals surface area contributed by atoms with E-state index >= 15 is 0 Å². The summed E-state index contributed by atoms with van der Waals surface area (Å²) in [6.07, 6.45) is -0.00198. The second kappa shape index (κ2) is 8.12. The number of aromatic amines is 1. The molecule has 7 heteroatoms. The minimum Gasteiger partial charge on any atom is -0.326 e. The van der Waals surface area contributed by atoms with Crippen molar-refractivity contribution in [2.75, 3.05) is 5.32 Å². The lowest BCUT2D eigenvalue weighted by Crippen LogP contribution is -2.22. The Bertz CT molecular complexity index is 1270. The maximum Gasteiger partial charge on any atom is 0.277 e. The highest BCUT2D eigenvalue weighted by Crippen LogP contribution is 2.23. The van der Waals surface area contributed by atoms with Crippen LogP contribution in [0.4, 0.5) is 5.69 Å². The van der Waals surface area contributed by atoms with Gasteiger partial charge in [0.15, 0.2) is 0 Å². The van der Waals surface area contributed by atoms with Crippen LogP contribution in [0.5, 0.6) is 0 Å². The molecule has 0 aliphatic rings. The zero-order valence-corrected chi connectivity index (χ0v) is 17.8. The molecule has 30 heavy (non-hydrogen) atoms. The molecule has 0 fully saturated rings. The van der Waals surface area contributed by atoms with Crippen LogP contribution >= 0.6 is 11.3 Å². The number of hydrogen-bond donors (Lipinski definition) is 2. The van der Waals surface area contributed by atoms with Gasteiger partial charge in [-0.2, -0.15) is 4.68 Å². The predicted molar refractivity (Wildman–Crippen MR) is 120 cm³/mol. The predicted octanol–water partition coefficient (Wildman–Crippen LogP) is 4.40. The lowest BCUT2D eigenvalue weighted by Gasteiger charge is -2.07. The topological polar surface area (TPSA) is 79.8 Å². The highest BCUT2D eigenvalue weighted by atomic mass is 32.1. The third kappa shape index (κ3) is 3.97. The number of carbonyl (C=O) groups is 1. The summed E-state index contributed by atoms with van der Waals surface area (Å²) >= 11 is 1.38. The first-order chi connectivity index (χ1) is 14.4. The number of nitrogens with one attached hydrogen (secondary N) is 2. The number of aromatic nitrogens is 3. The maximum atomic E-state index is 12.9. The van der Waals surface area contributed by atoms with Gasteiger partial charge >= 0.3 is 0 Å². The molecular weight excluding hydrogens is 396 g/mol. The fraction of sp³-hybridized carbons (Fsp3) is 0.174. The average molecular weight is 419 g/mol. The highest BCUT2D eigenvalue weighted by molar-refractivity contribution is 7.12. The number of aryl methyl sites for hydroxylation is 3. The van der Waals surface area contributed by atoms with Crippen LogP contribution in [-0.2, 0) is 11.2 Å². The Hall–Kier alpha value is -3.45. The summed E-state index contributed by atoms with van der Waals surface area (Å²) in [5.74, 6) is -0.228. The molecule has 0 radical (unpaired) electrons. The SMILES string of the molecule is Cc1ccc(NC(=O)Cc2c(C)[nH]n(-c3nc(-c4ccccc4)cs3)c2=O)cc1C. The number of rotatable bonds is 5. The van der Waals surface area contributed by atoms with Crippen LogP contribution in [0.25, 0.3) is 16.4 Å². The standard InChI is InChI=1S/C23H22N4O2S/c1-14-9-10-18(11-15(14)2)24-21(28)12-19-16(3)26-27(22(19)29)23-25-20(13-30-23)17-7-5-4-6-8-17/h4-11,13,26H,12H2,1-3H3,(H,24,28). The third-order valence-electron chi connectivity index (χ3n) is 5.07. The Balaban J connectivity index is 1.55. The second-order valence-electron chi connectivity index (χ2n) is 7.26. The van der Waals surface area contributed by atoms with E-state index in [-0.39, 0.29) is 17.9 Å². The molecule has 0 spiro atoms. The van der Waals surface area contributed by atoms with Gasteiger partial charge in [0.2, 0.25) is 11.0 Å². The first kappa shape index (κ1) is 19.8. The monoisotopic (exact) mass is 418 g/mol. The fourth-order valence-electron chi connectivity index (χ4n) is 3.22. The van der Waals surface area contributed by atoms with Crippen LogP contribution < -0.4 is 10.9 Å². The fourth-order valence-corrected chi connectivity index (χ4v) is 4.01. The van der Waals surface area contributed by atoms with E-state index < -0.39 is 0 Å². The van der Waals surface area contributed by atoms with Gasteiger partial charge in [-0.3, -0.25) is 14.7 Å². The third-order valence-corrected chi connectivity index (χ3v) is 5.90. The minimum atomic E-state index is -0.253. The van der Waals surface area contributed by atoms with Crippen molar-refractivity contribution < 1.29 is 4.79 Å². The number of nitrogens with zero attached hydrogens (tertiary/aromatic N) is 2. The molecule has 2 N–H and O–H groups in total. The van der Waals surface area contributed by atoms with Gasteiger partial charge in [-0.05, 0) is 44.0 Å². The summed E-state index contributed by atoms with van der Waals surface area (Å²) in [6.45, 7) is 5.81. The maximum absolute atomic E-state index is 12.9. The molecule has 2 heterocycles. The van der Waals surface area contributed by atoms with E-state index in [1.54, 1.807) is 6.92 Å². The normalized spacial score (nSPS) is 10.9. The van der Waals surface area contributed by atoms with Gasteiger partial charge in [-0.25, -0.2) is 4.98 Å². The van der Waals surface area contributed by atoms with E-state index in [9.17, 15) is 9.59 Å². The van der Waals surface area contributed by atoms with Crippen molar-refractivity contribution in [1.29, 1.82) is 0 Å². The number of amides is 1. The van der Waals surface area contributed by atoms with Crippen molar-refractivity contribution in [2.24, 2.45) is 0 Å². The Morgan fingerprint density at radius 1 is 1.10 bits per heavy atom. The minimum absolute atomic E-state index is 0.00198. The summed E-state index contributed by atoms with van der Waals surface area (Å²) in [5.41, 5.74) is 5.63. The molecule has 4 rings (SSSR count). The lowest BCUT2D eigenvalue weighted by molar-refractivity contribution is -0.115. The van der Waals surface area contributed by atoms with E-state index in [2.05, 4.69) is 15.4 Å². The largest absolute Gasteiger partial charge is 0.326 e. The molecule has 0 saturated heterocycles. The molecule has 0 aliphatic heterocycles. The van der Waals surface area contributed by atoms with Crippen LogP contribution in [-0.4, -0.2) is 20.7 Å². The van der Waals surface area contributed by atoms with E-state index in [1.165, 1.54) is 16.0 Å². The zero-order chi connectivity index (χ0) is 21.3. The molecule has 4 aromatic rings. The average Bonchev–Trinajstić information content (AvgIpc) is 3.32. The Labute approximate surface area is 178 Å². The molecule has 1 amide bonds. The van der Waals surface area contributed by atoms with Gasteiger partial charge in [-0.15, -0.1) is 11.3 Å². The van der Waals surface area contributed by atoms with Gasteiger partial charge < -0.3 is 5.32 Å². The van der Waals surface area contributed by atoms with Crippen molar-refractivity contribution in [1.82, 2.24) is 14.8 Å². The summed E-state index contributed by atoms with van der Waals surface area (Å²) in [6, 6.07) is 15.6. The van der Waals surface area contributed by atoms with Gasteiger partial charge in [0.25, 0.3) is 5.56 Å². The molecule has 0 atom stereocenters. The van der Waals surface area contributed by atoms with Crippen molar-refractivity contribution in [2.45, 2.75) is 27.2 Å². The Morgan fingerprint density at radius 3 is 2.60 bits per heavy atom. The van der Waals surface area contributed by atoms with Gasteiger partial charge in [0.05, 0.1) is 12.1 Å². The molecule has 0 saturated carbocycles. The number of H-pyrrole nitrogens is 1. The Kier molecular flexibility index (Phi) is 5.37. The van der Waals surface area contributed by atoms with Crippen molar-refractivity contribution in [3.63, 3.8) is 0 Å². The number of thiazole rings is 1. The highest BCUT2D eigenvalue weighted by Gasteiger charge is 2.18. The van der Waals surface area contributed by atoms with Crippen LogP contribution in [0.3, 0.4) is 0 Å². The summed E-state index contributed by atoms with van der Waals surface area (Å²) in [4.78, 5) is 30.1.